The molecule has 1 saturated heterocycles. The molecule has 4 N–H and O–H groups in total. The second-order valence-electron chi connectivity index (χ2n) is 5.23. The van der Waals surface area contributed by atoms with Gasteiger partial charge in [0.2, 0.25) is 11.8 Å². The van der Waals surface area contributed by atoms with Gasteiger partial charge in [-0.2, -0.15) is 0 Å². The zero-order chi connectivity index (χ0) is 16.0. The van der Waals surface area contributed by atoms with Crippen molar-refractivity contribution in [1.82, 2.24) is 14.9 Å². The topological polar surface area (TPSA) is 127 Å². The summed E-state index contributed by atoms with van der Waals surface area (Å²) in [6, 6.07) is 1.81. The van der Waals surface area contributed by atoms with E-state index in [9.17, 15) is 19.5 Å². The number of aromatic hydroxyl groups is 1. The molecule has 0 radical (unpaired) electrons. The molecule has 8 heteroatoms. The highest BCUT2D eigenvalue weighted by Gasteiger charge is 2.30. The molecule has 2 aromatic rings. The van der Waals surface area contributed by atoms with Crippen LogP contribution in [0.1, 0.15) is 24.7 Å². The second kappa shape index (κ2) is 4.83. The van der Waals surface area contributed by atoms with Crippen LogP contribution in [0.15, 0.2) is 16.9 Å². The summed E-state index contributed by atoms with van der Waals surface area (Å²) in [6.07, 6.45) is 0.391. The summed E-state index contributed by atoms with van der Waals surface area (Å²) in [6.45, 7) is 1.59. The Bertz CT molecular complexity index is 871. The van der Waals surface area contributed by atoms with Crippen LogP contribution in [0.4, 0.5) is 5.69 Å². The van der Waals surface area contributed by atoms with Gasteiger partial charge in [-0.15, -0.1) is 0 Å². The number of aryl methyl sites for hydroxylation is 1. The number of hydrogen-bond donors (Lipinski definition) is 3. The molecular weight excluding hydrogens is 288 g/mol. The lowest BCUT2D eigenvalue weighted by Crippen LogP contribution is -2.45. The van der Waals surface area contributed by atoms with Crippen molar-refractivity contribution in [3.05, 3.63) is 28.3 Å². The molecule has 0 spiro atoms. The Hall–Kier alpha value is -2.90. The molecule has 1 aromatic heterocycles. The van der Waals surface area contributed by atoms with E-state index < -0.39 is 17.5 Å². The predicted octanol–water partition coefficient (Wildman–Crippen LogP) is -0.0296. The first-order valence-electron chi connectivity index (χ1n) is 6.73. The number of carbonyl (C=O) groups is 2. The summed E-state index contributed by atoms with van der Waals surface area (Å²) in [5.41, 5.74) is 5.69. The number of nitrogen functional groups attached to an aromatic ring is 1. The van der Waals surface area contributed by atoms with E-state index in [1.54, 1.807) is 6.92 Å². The summed E-state index contributed by atoms with van der Waals surface area (Å²) >= 11 is 0. The van der Waals surface area contributed by atoms with Crippen LogP contribution < -0.4 is 16.6 Å². The van der Waals surface area contributed by atoms with Crippen molar-refractivity contribution in [3.8, 4) is 5.75 Å². The van der Waals surface area contributed by atoms with Crippen molar-refractivity contribution in [2.45, 2.75) is 25.8 Å². The SMILES string of the molecule is Cc1nc2cc(O)cc(N)c2c(=O)n1[C@H]1CCC(=O)NC1=O. The lowest BCUT2D eigenvalue weighted by atomic mass is 10.1. The number of nitrogens with two attached hydrogens (primary N) is 1. The van der Waals surface area contributed by atoms with Crippen LogP contribution in [0.2, 0.25) is 0 Å². The van der Waals surface area contributed by atoms with Gasteiger partial charge in [0.25, 0.3) is 5.56 Å². The molecule has 1 atom stereocenters. The molecule has 1 aliphatic heterocycles. The number of piperidine rings is 1. The van der Waals surface area contributed by atoms with E-state index in [0.717, 1.165) is 0 Å². The van der Waals surface area contributed by atoms with Gasteiger partial charge in [0.1, 0.15) is 17.6 Å². The van der Waals surface area contributed by atoms with Crippen molar-refractivity contribution in [2.24, 2.45) is 0 Å². The maximum Gasteiger partial charge on any atom is 0.264 e. The first kappa shape index (κ1) is 14.1. The molecule has 22 heavy (non-hydrogen) atoms. The first-order valence-corrected chi connectivity index (χ1v) is 6.73. The van der Waals surface area contributed by atoms with Crippen molar-refractivity contribution in [3.63, 3.8) is 0 Å². The van der Waals surface area contributed by atoms with E-state index in [4.69, 9.17) is 5.73 Å². The Labute approximate surface area is 124 Å². The van der Waals surface area contributed by atoms with Crippen LogP contribution in [-0.4, -0.2) is 26.5 Å². The highest BCUT2D eigenvalue weighted by Crippen LogP contribution is 2.25. The second-order valence-corrected chi connectivity index (χ2v) is 5.23. The average molecular weight is 302 g/mol. The van der Waals surface area contributed by atoms with Gasteiger partial charge in [-0.1, -0.05) is 0 Å². The highest BCUT2D eigenvalue weighted by atomic mass is 16.3. The number of nitrogens with zero attached hydrogens (tertiary/aromatic N) is 2. The minimum Gasteiger partial charge on any atom is -0.508 e. The smallest absolute Gasteiger partial charge is 0.264 e. The molecule has 0 saturated carbocycles. The van der Waals surface area contributed by atoms with Crippen LogP contribution in [-0.2, 0) is 9.59 Å². The van der Waals surface area contributed by atoms with Gasteiger partial charge in [0.15, 0.2) is 0 Å². The number of imide groups is 1. The molecule has 0 aliphatic carbocycles. The average Bonchev–Trinajstić information content (AvgIpc) is 2.39. The fraction of sp³-hybridized carbons (Fsp3) is 0.286. The molecule has 1 aliphatic rings. The largest absolute Gasteiger partial charge is 0.508 e. The fourth-order valence-electron chi connectivity index (χ4n) is 2.75. The van der Waals surface area contributed by atoms with E-state index >= 15 is 0 Å². The Balaban J connectivity index is 2.25. The van der Waals surface area contributed by atoms with E-state index in [0.29, 0.717) is 5.82 Å². The van der Waals surface area contributed by atoms with Gasteiger partial charge < -0.3 is 10.8 Å². The lowest BCUT2D eigenvalue weighted by Gasteiger charge is -2.24. The van der Waals surface area contributed by atoms with E-state index in [1.165, 1.54) is 16.7 Å². The number of hydrogen-bond acceptors (Lipinski definition) is 6. The number of nitrogens with one attached hydrogen (secondary N) is 1. The van der Waals surface area contributed by atoms with Crippen LogP contribution in [0.3, 0.4) is 0 Å². The zero-order valence-electron chi connectivity index (χ0n) is 11.8. The van der Waals surface area contributed by atoms with Crippen molar-refractivity contribution in [1.29, 1.82) is 0 Å². The zero-order valence-corrected chi connectivity index (χ0v) is 11.8. The number of carbonyl (C=O) groups excluding carboxylic acids is 2. The summed E-state index contributed by atoms with van der Waals surface area (Å²) in [4.78, 5) is 40.2. The van der Waals surface area contributed by atoms with Crippen molar-refractivity contribution >= 4 is 28.4 Å². The molecule has 1 fully saturated rings. The molecule has 0 bridgehead atoms. The van der Waals surface area contributed by atoms with Gasteiger partial charge in [-0.3, -0.25) is 24.3 Å². The minimum absolute atomic E-state index is 0.0879. The number of anilines is 1. The van der Waals surface area contributed by atoms with Gasteiger partial charge in [-0.05, 0) is 13.3 Å². The van der Waals surface area contributed by atoms with Gasteiger partial charge in [0.05, 0.1) is 16.6 Å². The fourth-order valence-corrected chi connectivity index (χ4v) is 2.75. The van der Waals surface area contributed by atoms with Gasteiger partial charge in [0, 0.05) is 18.6 Å². The Kier molecular flexibility index (Phi) is 3.09. The van der Waals surface area contributed by atoms with E-state index in [1.807, 2.05) is 0 Å². The number of benzene rings is 1. The summed E-state index contributed by atoms with van der Waals surface area (Å²) in [5.74, 6) is -0.655. The standard InChI is InChI=1S/C14H14N4O4/c1-6-16-9-5-7(19)4-8(15)12(9)14(22)18(6)10-2-3-11(20)17-13(10)21/h4-5,10,19H,2-3,15H2,1H3,(H,17,20,21)/t10-/m0/s1. The number of amides is 2. The van der Waals surface area contributed by atoms with E-state index in [-0.39, 0.29) is 41.1 Å². The van der Waals surface area contributed by atoms with Crippen LogP contribution >= 0.6 is 0 Å². The molecule has 3 rings (SSSR count). The number of rotatable bonds is 1. The predicted molar refractivity (Wildman–Crippen MR) is 78.2 cm³/mol. The number of aromatic nitrogens is 2. The number of phenols is 1. The maximum atomic E-state index is 12.7. The normalized spacial score (nSPS) is 18.5. The van der Waals surface area contributed by atoms with Crippen LogP contribution in [0, 0.1) is 6.92 Å². The van der Waals surface area contributed by atoms with Gasteiger partial charge in [-0.25, -0.2) is 4.98 Å². The third-order valence-corrected chi connectivity index (χ3v) is 3.72. The number of phenolic OH excluding ortho intramolecular Hbond substituents is 1. The van der Waals surface area contributed by atoms with Crippen molar-refractivity contribution in [2.75, 3.05) is 5.73 Å². The van der Waals surface area contributed by atoms with E-state index in [2.05, 4.69) is 10.3 Å². The van der Waals surface area contributed by atoms with Gasteiger partial charge >= 0.3 is 0 Å². The summed E-state index contributed by atoms with van der Waals surface area (Å²) in [5, 5.41) is 11.9. The van der Waals surface area contributed by atoms with Crippen LogP contribution in [0.5, 0.6) is 5.75 Å². The lowest BCUT2D eigenvalue weighted by molar-refractivity contribution is -0.135. The molecule has 2 heterocycles. The molecule has 1 aromatic carbocycles. The quantitative estimate of drug-likeness (QED) is 0.501. The number of fused-ring (bicyclic) bond motifs is 1. The highest BCUT2D eigenvalue weighted by molar-refractivity contribution is 5.99. The Morgan fingerprint density at radius 3 is 2.77 bits per heavy atom. The van der Waals surface area contributed by atoms with Crippen LogP contribution in [0.25, 0.3) is 10.9 Å². The summed E-state index contributed by atoms with van der Waals surface area (Å²) in [7, 11) is 0. The third-order valence-electron chi connectivity index (χ3n) is 3.72. The molecule has 2 amide bonds. The Morgan fingerprint density at radius 2 is 2.09 bits per heavy atom. The summed E-state index contributed by atoms with van der Waals surface area (Å²) < 4.78 is 1.25. The monoisotopic (exact) mass is 302 g/mol. The van der Waals surface area contributed by atoms with Crippen molar-refractivity contribution < 1.29 is 14.7 Å². The minimum atomic E-state index is -0.796. The molecule has 0 unspecified atom stereocenters. The molecular formula is C14H14N4O4. The first-order chi connectivity index (χ1) is 10.4. The molecule has 114 valence electrons. The maximum absolute atomic E-state index is 12.7. The Morgan fingerprint density at radius 1 is 1.36 bits per heavy atom. The molecule has 8 nitrogen and oxygen atoms in total. The third kappa shape index (κ3) is 2.09.